The molecule has 0 amide bonds. The van der Waals surface area contributed by atoms with E-state index in [-0.39, 0.29) is 45.1 Å². The maximum atomic E-state index is 14.1. The van der Waals surface area contributed by atoms with E-state index in [9.17, 15) is 43.9 Å². The molecule has 69 heavy (non-hydrogen) atoms. The summed E-state index contributed by atoms with van der Waals surface area (Å²) in [4.78, 5) is 15.3. The van der Waals surface area contributed by atoms with Gasteiger partial charge in [-0.15, -0.1) is 0 Å². The molecule has 0 unspecified atom stereocenters. The Morgan fingerprint density at radius 1 is 0.623 bits per heavy atom. The van der Waals surface area contributed by atoms with Gasteiger partial charge in [-0.05, 0) is 104 Å². The smallest absolute Gasteiger partial charge is 0.370 e. The van der Waals surface area contributed by atoms with Gasteiger partial charge in [0.25, 0.3) is 0 Å². The van der Waals surface area contributed by atoms with Gasteiger partial charge in [-0.1, -0.05) is 47.0 Å². The number of allylic oxidation sites excluding steroid dienone is 2. The molecule has 2 aromatic carbocycles. The lowest BCUT2D eigenvalue weighted by Gasteiger charge is -2.13. The zero-order valence-corrected chi connectivity index (χ0v) is 37.0. The van der Waals surface area contributed by atoms with Crippen molar-refractivity contribution in [2.45, 2.75) is 51.9 Å². The first-order chi connectivity index (χ1) is 32.8. The number of fused-ring (bicyclic) bond motifs is 4. The van der Waals surface area contributed by atoms with E-state index in [1.54, 1.807) is 12.1 Å². The fourth-order valence-corrected chi connectivity index (χ4v) is 8.44. The summed E-state index contributed by atoms with van der Waals surface area (Å²) < 4.78 is 136. The molecule has 2 aliphatic rings. The molecule has 10 rings (SSSR count). The quantitative estimate of drug-likeness (QED) is 0.114. The van der Waals surface area contributed by atoms with Crippen molar-refractivity contribution in [3.63, 3.8) is 0 Å². The van der Waals surface area contributed by atoms with E-state index >= 15 is 0 Å². The maximum Gasteiger partial charge on any atom is 0.421 e. The number of anilines is 1. The van der Waals surface area contributed by atoms with Crippen molar-refractivity contribution in [3.05, 3.63) is 171 Å². The highest BCUT2D eigenvalue weighted by atomic mass is 35.5. The zero-order valence-electron chi connectivity index (χ0n) is 36.3. The Labute approximate surface area is 391 Å². The minimum absolute atomic E-state index is 0.0743. The van der Waals surface area contributed by atoms with E-state index in [1.807, 2.05) is 19.1 Å². The van der Waals surface area contributed by atoms with Crippen LogP contribution in [0.15, 0.2) is 109 Å². The molecule has 0 radical (unpaired) electrons. The Hall–Kier alpha value is -7.19. The van der Waals surface area contributed by atoms with Crippen molar-refractivity contribution < 1.29 is 43.9 Å². The predicted molar refractivity (Wildman–Crippen MR) is 240 cm³/mol. The van der Waals surface area contributed by atoms with E-state index < -0.39 is 46.4 Å². The minimum Gasteiger partial charge on any atom is -0.370 e. The van der Waals surface area contributed by atoms with Crippen molar-refractivity contribution in [1.82, 2.24) is 39.2 Å². The van der Waals surface area contributed by atoms with Crippen LogP contribution in [0, 0.1) is 23.3 Å². The summed E-state index contributed by atoms with van der Waals surface area (Å²) in [5.74, 6) is -1.34. The molecule has 0 aliphatic heterocycles. The number of aromatic nitrogens is 8. The third-order valence-corrected chi connectivity index (χ3v) is 11.7. The Morgan fingerprint density at radius 3 is 1.59 bits per heavy atom. The lowest BCUT2D eigenvalue weighted by atomic mass is 10.0. The Balaban J connectivity index is 0.000000155. The standard InChI is InChI=1S/C24H18F5N5.C12H5ClF4N4.C12H14FN/c1-13-7-18-17(3-2-4-20(18)26)16(13)5-6-31-22-9-21(14-8-15(25)11-30-10-14)33-23-19(24(27,28)29)12-32-34(22)23;13-10-2-9(6-1-7(14)4-18-3-6)20-11-8(12(15,16)17)5-19-21(10)11;1-8-7-11-10(9(8)5-6-14)3-2-4-12(11)13/h2-4,8-12,31H,5-7H2,1H3;1-5H;2-4H,5-7,14H2,1H3. The summed E-state index contributed by atoms with van der Waals surface area (Å²) in [5.41, 5.74) is 11.3. The topological polar surface area (TPSA) is 124 Å². The summed E-state index contributed by atoms with van der Waals surface area (Å²) in [5, 5.41) is 10.5. The van der Waals surface area contributed by atoms with E-state index in [1.165, 1.54) is 47.8 Å². The average molecular weight is 979 g/mol. The molecule has 6 aromatic heterocycles. The molecular formula is C48H37ClF10N10. The van der Waals surface area contributed by atoms with Crippen LogP contribution in [0.2, 0.25) is 5.15 Å². The molecule has 356 valence electrons. The first kappa shape index (κ1) is 48.3. The normalized spacial score (nSPS) is 13.4. The SMILES string of the molecule is CC1=C(CCN)c2cccc(F)c2C1.CC1=C(CCNc2cc(-c3cncc(F)c3)nc3c(C(F)(F)F)cnn23)c2cccc(F)c2C1.Fc1cncc(-c2cc(Cl)n3ncc(C(F)(F)F)c3n2)c1. The molecule has 3 N–H and O–H groups in total. The van der Waals surface area contributed by atoms with Crippen LogP contribution < -0.4 is 11.1 Å². The first-order valence-electron chi connectivity index (χ1n) is 21.0. The molecule has 0 spiro atoms. The highest BCUT2D eigenvalue weighted by Gasteiger charge is 2.37. The minimum atomic E-state index is -4.66. The molecule has 10 nitrogen and oxygen atoms in total. The first-order valence-corrected chi connectivity index (χ1v) is 21.4. The molecule has 8 aromatic rings. The van der Waals surface area contributed by atoms with Crippen LogP contribution in [0.1, 0.15) is 60.1 Å². The molecule has 6 heterocycles. The Morgan fingerprint density at radius 2 is 1.10 bits per heavy atom. The molecule has 0 saturated heterocycles. The van der Waals surface area contributed by atoms with E-state index in [0.717, 1.165) is 74.2 Å². The second-order valence-electron chi connectivity index (χ2n) is 16.0. The molecule has 0 fully saturated rings. The fraction of sp³-hybridized carbons (Fsp3) is 0.208. The van der Waals surface area contributed by atoms with Crippen molar-refractivity contribution in [1.29, 1.82) is 0 Å². The third kappa shape index (κ3) is 10.2. The number of benzene rings is 2. The van der Waals surface area contributed by atoms with Gasteiger partial charge in [-0.3, -0.25) is 9.97 Å². The van der Waals surface area contributed by atoms with Gasteiger partial charge in [-0.2, -0.15) is 41.1 Å². The molecule has 2 aliphatic carbocycles. The zero-order chi connectivity index (χ0) is 49.4. The fourth-order valence-electron chi connectivity index (χ4n) is 8.22. The van der Waals surface area contributed by atoms with Gasteiger partial charge in [0.1, 0.15) is 45.4 Å². The molecular weight excluding hydrogens is 942 g/mol. The summed E-state index contributed by atoms with van der Waals surface area (Å²) in [6, 6.07) is 15.3. The van der Waals surface area contributed by atoms with Crippen LogP contribution in [0.4, 0.5) is 49.7 Å². The monoisotopic (exact) mass is 978 g/mol. The lowest BCUT2D eigenvalue weighted by Crippen LogP contribution is -2.10. The van der Waals surface area contributed by atoms with E-state index in [0.29, 0.717) is 43.9 Å². The van der Waals surface area contributed by atoms with Crippen LogP contribution >= 0.6 is 11.6 Å². The van der Waals surface area contributed by atoms with Crippen molar-refractivity contribution in [2.75, 3.05) is 18.4 Å². The van der Waals surface area contributed by atoms with E-state index in [2.05, 4.69) is 42.4 Å². The van der Waals surface area contributed by atoms with Gasteiger partial charge < -0.3 is 11.1 Å². The number of pyridine rings is 2. The van der Waals surface area contributed by atoms with Crippen LogP contribution in [0.5, 0.6) is 0 Å². The number of alkyl halides is 6. The lowest BCUT2D eigenvalue weighted by molar-refractivity contribution is -0.137. The summed E-state index contributed by atoms with van der Waals surface area (Å²) in [6.45, 7) is 4.98. The van der Waals surface area contributed by atoms with Crippen LogP contribution in [0.25, 0.3) is 45.0 Å². The van der Waals surface area contributed by atoms with Gasteiger partial charge in [0.15, 0.2) is 11.3 Å². The largest absolute Gasteiger partial charge is 0.421 e. The summed E-state index contributed by atoms with van der Waals surface area (Å²) in [6.07, 6.45) is -0.691. The van der Waals surface area contributed by atoms with Gasteiger partial charge in [0.2, 0.25) is 0 Å². The predicted octanol–water partition coefficient (Wildman–Crippen LogP) is 12.0. The third-order valence-electron chi connectivity index (χ3n) is 11.4. The Bertz CT molecular complexity index is 3300. The number of rotatable bonds is 8. The highest BCUT2D eigenvalue weighted by Crippen LogP contribution is 2.39. The number of hydrogen-bond acceptors (Lipinski definition) is 8. The van der Waals surface area contributed by atoms with Gasteiger partial charge in [0, 0.05) is 42.2 Å². The molecule has 0 saturated carbocycles. The van der Waals surface area contributed by atoms with Gasteiger partial charge in [0.05, 0.1) is 36.2 Å². The highest BCUT2D eigenvalue weighted by molar-refractivity contribution is 6.30. The van der Waals surface area contributed by atoms with Crippen molar-refractivity contribution >= 4 is 39.9 Å². The Kier molecular flexibility index (Phi) is 13.6. The molecule has 0 bridgehead atoms. The number of hydrogen-bond donors (Lipinski definition) is 2. The number of nitrogens with zero attached hydrogens (tertiary/aromatic N) is 8. The van der Waals surface area contributed by atoms with Gasteiger partial charge >= 0.3 is 12.4 Å². The number of nitrogens with one attached hydrogen (secondary N) is 1. The van der Waals surface area contributed by atoms with Crippen LogP contribution in [-0.2, 0) is 25.2 Å². The number of nitrogens with two attached hydrogens (primary N) is 1. The van der Waals surface area contributed by atoms with E-state index in [4.69, 9.17) is 17.3 Å². The molecule has 0 atom stereocenters. The number of halogens is 11. The second-order valence-corrected chi connectivity index (χ2v) is 16.4. The average Bonchev–Trinajstić information content (AvgIpc) is 4.09. The molecule has 21 heteroatoms. The van der Waals surface area contributed by atoms with Crippen molar-refractivity contribution in [3.8, 4) is 22.5 Å². The summed E-state index contributed by atoms with van der Waals surface area (Å²) in [7, 11) is 0. The van der Waals surface area contributed by atoms with Gasteiger partial charge in [-0.25, -0.2) is 32.0 Å². The van der Waals surface area contributed by atoms with Crippen molar-refractivity contribution in [2.24, 2.45) is 5.73 Å². The van der Waals surface area contributed by atoms with Crippen LogP contribution in [0.3, 0.4) is 0 Å². The maximum absolute atomic E-state index is 14.1. The summed E-state index contributed by atoms with van der Waals surface area (Å²) >= 11 is 5.89. The van der Waals surface area contributed by atoms with Crippen LogP contribution in [-0.4, -0.2) is 52.3 Å². The second kappa shape index (κ2) is 19.4.